The third-order valence-corrected chi connectivity index (χ3v) is 5.22. The first-order valence-electron chi connectivity index (χ1n) is 7.69. The standard InChI is InChI=1S/C15H30N2/c1-17-15-8-6-13(7-9-15)10-12-2-4-14(11-16)5-3-12/h12-15,17H,2-11,16H2,1H3. The van der Waals surface area contributed by atoms with Gasteiger partial charge in [-0.25, -0.2) is 0 Å². The van der Waals surface area contributed by atoms with Gasteiger partial charge in [0, 0.05) is 6.04 Å². The minimum atomic E-state index is 0.805. The van der Waals surface area contributed by atoms with Crippen LogP contribution in [0.1, 0.15) is 57.8 Å². The van der Waals surface area contributed by atoms with Crippen molar-refractivity contribution in [1.29, 1.82) is 0 Å². The maximum Gasteiger partial charge on any atom is 0.00642 e. The van der Waals surface area contributed by atoms with Crippen LogP contribution in [0.5, 0.6) is 0 Å². The van der Waals surface area contributed by atoms with Crippen molar-refractivity contribution in [3.63, 3.8) is 0 Å². The van der Waals surface area contributed by atoms with Crippen LogP contribution in [0, 0.1) is 17.8 Å². The molecule has 0 atom stereocenters. The predicted octanol–water partition coefficient (Wildman–Crippen LogP) is 2.92. The monoisotopic (exact) mass is 238 g/mol. The second-order valence-electron chi connectivity index (χ2n) is 6.36. The molecular formula is C15H30N2. The molecule has 17 heavy (non-hydrogen) atoms. The second-order valence-corrected chi connectivity index (χ2v) is 6.36. The molecule has 0 saturated heterocycles. The predicted molar refractivity (Wildman–Crippen MR) is 73.9 cm³/mol. The Labute approximate surface area is 107 Å². The Kier molecular flexibility index (Phi) is 5.30. The van der Waals surface area contributed by atoms with Crippen LogP contribution in [0.15, 0.2) is 0 Å². The van der Waals surface area contributed by atoms with Crippen molar-refractivity contribution in [2.24, 2.45) is 23.5 Å². The quantitative estimate of drug-likeness (QED) is 0.790. The van der Waals surface area contributed by atoms with Crippen LogP contribution in [-0.2, 0) is 0 Å². The van der Waals surface area contributed by atoms with Crippen LogP contribution >= 0.6 is 0 Å². The number of nitrogens with two attached hydrogens (primary N) is 1. The summed E-state index contributed by atoms with van der Waals surface area (Å²) < 4.78 is 0. The van der Waals surface area contributed by atoms with Gasteiger partial charge >= 0.3 is 0 Å². The smallest absolute Gasteiger partial charge is 0.00642 e. The molecule has 2 heteroatoms. The topological polar surface area (TPSA) is 38.0 Å². The van der Waals surface area contributed by atoms with E-state index in [1.165, 1.54) is 57.8 Å². The summed E-state index contributed by atoms with van der Waals surface area (Å²) in [6.45, 7) is 0.917. The molecule has 2 saturated carbocycles. The fourth-order valence-electron chi connectivity index (χ4n) is 3.86. The van der Waals surface area contributed by atoms with Crippen molar-refractivity contribution >= 4 is 0 Å². The van der Waals surface area contributed by atoms with E-state index in [4.69, 9.17) is 5.73 Å². The Morgan fingerprint density at radius 3 is 1.76 bits per heavy atom. The highest BCUT2D eigenvalue weighted by molar-refractivity contribution is 4.80. The van der Waals surface area contributed by atoms with Gasteiger partial charge in [-0.3, -0.25) is 0 Å². The molecular weight excluding hydrogens is 208 g/mol. The van der Waals surface area contributed by atoms with Crippen molar-refractivity contribution < 1.29 is 0 Å². The molecule has 0 heterocycles. The summed E-state index contributed by atoms with van der Waals surface area (Å²) in [4.78, 5) is 0. The Morgan fingerprint density at radius 1 is 0.824 bits per heavy atom. The van der Waals surface area contributed by atoms with E-state index >= 15 is 0 Å². The minimum Gasteiger partial charge on any atom is -0.330 e. The zero-order chi connectivity index (χ0) is 12.1. The van der Waals surface area contributed by atoms with Crippen molar-refractivity contribution in [3.05, 3.63) is 0 Å². The lowest BCUT2D eigenvalue weighted by atomic mass is 9.74. The van der Waals surface area contributed by atoms with Crippen LogP contribution in [0.2, 0.25) is 0 Å². The van der Waals surface area contributed by atoms with Crippen molar-refractivity contribution in [2.75, 3.05) is 13.6 Å². The number of rotatable bonds is 4. The molecule has 0 unspecified atom stereocenters. The largest absolute Gasteiger partial charge is 0.330 e. The van der Waals surface area contributed by atoms with E-state index in [9.17, 15) is 0 Å². The summed E-state index contributed by atoms with van der Waals surface area (Å²) in [5.74, 6) is 2.89. The molecule has 2 aliphatic carbocycles. The fourth-order valence-corrected chi connectivity index (χ4v) is 3.86. The maximum atomic E-state index is 5.76. The average Bonchev–Trinajstić information content (AvgIpc) is 2.40. The van der Waals surface area contributed by atoms with E-state index in [1.807, 2.05) is 0 Å². The average molecular weight is 238 g/mol. The third-order valence-electron chi connectivity index (χ3n) is 5.22. The van der Waals surface area contributed by atoms with Crippen LogP contribution in [0.3, 0.4) is 0 Å². The number of nitrogens with one attached hydrogen (secondary N) is 1. The molecule has 2 nitrogen and oxygen atoms in total. The van der Waals surface area contributed by atoms with Gasteiger partial charge in [0.15, 0.2) is 0 Å². The molecule has 0 bridgehead atoms. The van der Waals surface area contributed by atoms with Gasteiger partial charge in [0.1, 0.15) is 0 Å². The van der Waals surface area contributed by atoms with E-state index in [-0.39, 0.29) is 0 Å². The van der Waals surface area contributed by atoms with Crippen LogP contribution in [0.4, 0.5) is 0 Å². The second kappa shape index (κ2) is 6.75. The Hall–Kier alpha value is -0.0800. The highest BCUT2D eigenvalue weighted by Crippen LogP contribution is 2.36. The number of hydrogen-bond donors (Lipinski definition) is 2. The SMILES string of the molecule is CNC1CCC(CC2CCC(CN)CC2)CC1. The van der Waals surface area contributed by atoms with E-state index in [1.54, 1.807) is 0 Å². The molecule has 0 radical (unpaired) electrons. The molecule has 100 valence electrons. The fraction of sp³-hybridized carbons (Fsp3) is 1.00. The third kappa shape index (κ3) is 3.96. The van der Waals surface area contributed by atoms with E-state index in [0.29, 0.717) is 0 Å². The van der Waals surface area contributed by atoms with Gasteiger partial charge in [-0.15, -0.1) is 0 Å². The van der Waals surface area contributed by atoms with Gasteiger partial charge in [-0.05, 0) is 76.3 Å². The Bertz CT molecular complexity index is 179. The Morgan fingerprint density at radius 2 is 1.29 bits per heavy atom. The highest BCUT2D eigenvalue weighted by Gasteiger charge is 2.25. The molecule has 2 rings (SSSR count). The van der Waals surface area contributed by atoms with Crippen LogP contribution < -0.4 is 11.1 Å². The zero-order valence-corrected chi connectivity index (χ0v) is 11.5. The van der Waals surface area contributed by atoms with E-state index in [0.717, 1.165) is 30.3 Å². The lowest BCUT2D eigenvalue weighted by Gasteiger charge is -2.33. The molecule has 0 spiro atoms. The molecule has 2 fully saturated rings. The molecule has 0 amide bonds. The van der Waals surface area contributed by atoms with E-state index < -0.39 is 0 Å². The molecule has 0 aromatic rings. The van der Waals surface area contributed by atoms with Gasteiger partial charge in [0.25, 0.3) is 0 Å². The normalized spacial score (nSPS) is 39.2. The van der Waals surface area contributed by atoms with Gasteiger partial charge in [0.2, 0.25) is 0 Å². The van der Waals surface area contributed by atoms with Gasteiger partial charge in [-0.1, -0.05) is 12.8 Å². The van der Waals surface area contributed by atoms with Crippen molar-refractivity contribution in [3.8, 4) is 0 Å². The minimum absolute atomic E-state index is 0.805. The van der Waals surface area contributed by atoms with Gasteiger partial charge < -0.3 is 11.1 Å². The summed E-state index contributed by atoms with van der Waals surface area (Å²) in [5.41, 5.74) is 5.76. The Balaban J connectivity index is 1.65. The number of hydrogen-bond acceptors (Lipinski definition) is 2. The van der Waals surface area contributed by atoms with Crippen LogP contribution in [0.25, 0.3) is 0 Å². The lowest BCUT2D eigenvalue weighted by molar-refractivity contribution is 0.202. The first-order chi connectivity index (χ1) is 8.31. The molecule has 0 aromatic heterocycles. The molecule has 3 N–H and O–H groups in total. The molecule has 0 aliphatic heterocycles. The maximum absolute atomic E-state index is 5.76. The molecule has 0 aromatic carbocycles. The summed E-state index contributed by atoms with van der Waals surface area (Å²) in [5, 5.41) is 3.43. The van der Waals surface area contributed by atoms with Crippen LogP contribution in [-0.4, -0.2) is 19.6 Å². The highest BCUT2D eigenvalue weighted by atomic mass is 14.9. The zero-order valence-electron chi connectivity index (χ0n) is 11.5. The first kappa shape index (κ1) is 13.4. The van der Waals surface area contributed by atoms with Gasteiger partial charge in [-0.2, -0.15) is 0 Å². The molecule has 2 aliphatic rings. The lowest BCUT2D eigenvalue weighted by Crippen LogP contribution is -2.31. The summed E-state index contributed by atoms with van der Waals surface area (Å²) in [6.07, 6.45) is 12.9. The van der Waals surface area contributed by atoms with Gasteiger partial charge in [0.05, 0.1) is 0 Å². The first-order valence-corrected chi connectivity index (χ1v) is 7.69. The van der Waals surface area contributed by atoms with E-state index in [2.05, 4.69) is 12.4 Å². The van der Waals surface area contributed by atoms with Crippen molar-refractivity contribution in [2.45, 2.75) is 63.8 Å². The summed E-state index contributed by atoms with van der Waals surface area (Å²) in [7, 11) is 2.11. The van der Waals surface area contributed by atoms with Crippen molar-refractivity contribution in [1.82, 2.24) is 5.32 Å². The summed E-state index contributed by atoms with van der Waals surface area (Å²) in [6, 6.07) is 0.805. The summed E-state index contributed by atoms with van der Waals surface area (Å²) >= 11 is 0.